The Labute approximate surface area is 216 Å². The van der Waals surface area contributed by atoms with Crippen molar-refractivity contribution < 1.29 is 27.4 Å². The molecule has 2 atom stereocenters. The number of sulfonamides is 1. The third-order valence-electron chi connectivity index (χ3n) is 7.34. The number of hydrogen-bond acceptors (Lipinski definition) is 7. The Morgan fingerprint density at radius 3 is 2.39 bits per heavy atom. The average Bonchev–Trinajstić information content (AvgIpc) is 3.27. The lowest BCUT2D eigenvalue weighted by Gasteiger charge is -2.29. The van der Waals surface area contributed by atoms with Gasteiger partial charge in [0.1, 0.15) is 12.4 Å². The molecule has 1 saturated heterocycles. The van der Waals surface area contributed by atoms with Gasteiger partial charge in [-0.1, -0.05) is 0 Å². The number of likely N-dealkylation sites (N-methyl/N-ethyl adjacent to an activating group) is 2. The average molecular weight is 526 g/mol. The number of morpholine rings is 1. The lowest BCUT2D eigenvalue weighted by Crippen LogP contribution is -2.39. The topological polar surface area (TPSA) is 88.6 Å². The fraction of sp³-hybridized carbons (Fsp3) is 0.731. The summed E-state index contributed by atoms with van der Waals surface area (Å²) in [6.07, 6.45) is 3.53. The molecular weight excluding hydrogens is 482 g/mol. The summed E-state index contributed by atoms with van der Waals surface area (Å²) in [6, 6.07) is 3.43. The summed E-state index contributed by atoms with van der Waals surface area (Å²) in [5.41, 5.74) is 1.27. The number of nitrogens with zero attached hydrogens (tertiary/aromatic N) is 3. The Balaban J connectivity index is 1.38. The van der Waals surface area contributed by atoms with Crippen molar-refractivity contribution in [3.63, 3.8) is 0 Å². The molecule has 1 aliphatic heterocycles. The Bertz CT molecular complexity index is 957. The second-order valence-electron chi connectivity index (χ2n) is 10.2. The zero-order chi connectivity index (χ0) is 26.3. The molecule has 36 heavy (non-hydrogen) atoms. The van der Waals surface area contributed by atoms with Crippen molar-refractivity contribution in [2.45, 2.75) is 38.0 Å². The van der Waals surface area contributed by atoms with E-state index in [0.717, 1.165) is 52.2 Å². The van der Waals surface area contributed by atoms with Gasteiger partial charge in [-0.3, -0.25) is 9.69 Å². The number of benzene rings is 1. The molecule has 1 aromatic rings. The van der Waals surface area contributed by atoms with Crippen LogP contribution in [0.2, 0.25) is 0 Å². The van der Waals surface area contributed by atoms with Crippen LogP contribution in [0.25, 0.3) is 0 Å². The van der Waals surface area contributed by atoms with Gasteiger partial charge in [-0.15, -0.1) is 0 Å². The predicted octanol–water partition coefficient (Wildman–Crippen LogP) is 2.16. The maximum atomic E-state index is 13.1. The van der Waals surface area contributed by atoms with Gasteiger partial charge in [0.2, 0.25) is 15.9 Å². The van der Waals surface area contributed by atoms with Crippen molar-refractivity contribution in [3.8, 4) is 5.75 Å². The fourth-order valence-corrected chi connectivity index (χ4v) is 6.88. The van der Waals surface area contributed by atoms with Crippen LogP contribution in [-0.4, -0.2) is 109 Å². The summed E-state index contributed by atoms with van der Waals surface area (Å²) in [4.78, 5) is 17.1. The number of methoxy groups -OCH3 is 1. The second kappa shape index (κ2) is 13.2. The van der Waals surface area contributed by atoms with E-state index >= 15 is 0 Å². The zero-order valence-electron chi connectivity index (χ0n) is 22.5. The molecule has 0 bridgehead atoms. The molecule has 0 spiro atoms. The Morgan fingerprint density at radius 1 is 1.11 bits per heavy atom. The van der Waals surface area contributed by atoms with E-state index in [2.05, 4.69) is 4.90 Å². The summed E-state index contributed by atoms with van der Waals surface area (Å²) in [5.74, 6) is 1.78. The van der Waals surface area contributed by atoms with Crippen LogP contribution in [0.1, 0.15) is 30.4 Å². The first-order valence-corrected chi connectivity index (χ1v) is 14.3. The van der Waals surface area contributed by atoms with Gasteiger partial charge in [0.05, 0.1) is 31.8 Å². The van der Waals surface area contributed by atoms with Crippen molar-refractivity contribution in [1.82, 2.24) is 14.1 Å². The summed E-state index contributed by atoms with van der Waals surface area (Å²) < 4.78 is 43.7. The van der Waals surface area contributed by atoms with E-state index in [4.69, 9.17) is 14.2 Å². The smallest absolute Gasteiger partial charge is 0.248 e. The number of aryl methyl sites for hydroxylation is 2. The van der Waals surface area contributed by atoms with Gasteiger partial charge < -0.3 is 19.1 Å². The summed E-state index contributed by atoms with van der Waals surface area (Å²) in [6.45, 7) is 9.36. The Morgan fingerprint density at radius 2 is 1.75 bits per heavy atom. The van der Waals surface area contributed by atoms with E-state index in [0.29, 0.717) is 28.7 Å². The highest BCUT2D eigenvalue weighted by molar-refractivity contribution is 7.89. The van der Waals surface area contributed by atoms with E-state index in [-0.39, 0.29) is 30.6 Å². The minimum atomic E-state index is -3.68. The van der Waals surface area contributed by atoms with Crippen LogP contribution in [0.15, 0.2) is 17.0 Å². The maximum absolute atomic E-state index is 13.1. The van der Waals surface area contributed by atoms with Crippen molar-refractivity contribution in [2.24, 2.45) is 11.8 Å². The molecule has 2 aliphatic rings. The van der Waals surface area contributed by atoms with Gasteiger partial charge in [0.15, 0.2) is 0 Å². The van der Waals surface area contributed by atoms with Crippen LogP contribution in [0.3, 0.4) is 0 Å². The molecule has 0 unspecified atom stereocenters. The Hall–Kier alpha value is -1.72. The van der Waals surface area contributed by atoms with Gasteiger partial charge in [0, 0.05) is 46.8 Å². The van der Waals surface area contributed by atoms with E-state index < -0.39 is 10.0 Å². The molecule has 1 aliphatic carbocycles. The molecule has 10 heteroatoms. The molecule has 2 fully saturated rings. The van der Waals surface area contributed by atoms with Crippen LogP contribution < -0.4 is 4.74 Å². The van der Waals surface area contributed by atoms with Crippen molar-refractivity contribution in [2.75, 3.05) is 80.4 Å². The molecule has 3 rings (SSSR count). The van der Waals surface area contributed by atoms with E-state index in [1.54, 1.807) is 38.0 Å². The highest BCUT2D eigenvalue weighted by Gasteiger charge is 2.29. The molecule has 204 valence electrons. The van der Waals surface area contributed by atoms with Crippen LogP contribution in [0.4, 0.5) is 0 Å². The number of amides is 1. The van der Waals surface area contributed by atoms with Crippen molar-refractivity contribution in [3.05, 3.63) is 23.3 Å². The van der Waals surface area contributed by atoms with Gasteiger partial charge in [-0.05, 0) is 68.2 Å². The van der Waals surface area contributed by atoms with Gasteiger partial charge >= 0.3 is 0 Å². The highest BCUT2D eigenvalue weighted by Crippen LogP contribution is 2.32. The monoisotopic (exact) mass is 525 g/mol. The number of hydrogen-bond donors (Lipinski definition) is 0. The van der Waals surface area contributed by atoms with E-state index in [1.165, 1.54) is 17.8 Å². The molecule has 0 aromatic heterocycles. The summed E-state index contributed by atoms with van der Waals surface area (Å²) in [7, 11) is 1.23. The largest absolute Gasteiger partial charge is 0.497 e. The minimum absolute atomic E-state index is 0.0467. The summed E-state index contributed by atoms with van der Waals surface area (Å²) in [5, 5.41) is 0. The minimum Gasteiger partial charge on any atom is -0.497 e. The Kier molecular flexibility index (Phi) is 10.6. The van der Waals surface area contributed by atoms with Crippen molar-refractivity contribution >= 4 is 15.9 Å². The van der Waals surface area contributed by atoms with Gasteiger partial charge in [-0.25, -0.2) is 8.42 Å². The van der Waals surface area contributed by atoms with Crippen LogP contribution >= 0.6 is 0 Å². The molecule has 9 nitrogen and oxygen atoms in total. The zero-order valence-corrected chi connectivity index (χ0v) is 23.3. The number of carbonyl (C=O) groups excluding carboxylic acids is 1. The van der Waals surface area contributed by atoms with Crippen LogP contribution in [0.5, 0.6) is 5.75 Å². The van der Waals surface area contributed by atoms with Crippen LogP contribution in [-0.2, 0) is 24.3 Å². The molecule has 0 radical (unpaired) electrons. The molecule has 1 heterocycles. The molecule has 1 aromatic carbocycles. The third kappa shape index (κ3) is 7.64. The molecule has 1 amide bonds. The lowest BCUT2D eigenvalue weighted by atomic mass is 10.0. The van der Waals surface area contributed by atoms with E-state index in [1.807, 2.05) is 7.05 Å². The second-order valence-corrected chi connectivity index (χ2v) is 12.2. The number of carbonyl (C=O) groups is 1. The predicted molar refractivity (Wildman–Crippen MR) is 139 cm³/mol. The number of ether oxygens (including phenoxy) is 3. The van der Waals surface area contributed by atoms with Crippen molar-refractivity contribution in [1.29, 1.82) is 0 Å². The van der Waals surface area contributed by atoms with Gasteiger partial charge in [0.25, 0.3) is 0 Å². The number of rotatable bonds is 12. The first-order valence-electron chi connectivity index (χ1n) is 12.8. The lowest BCUT2D eigenvalue weighted by molar-refractivity contribution is -0.135. The first kappa shape index (κ1) is 28.8. The van der Waals surface area contributed by atoms with Crippen LogP contribution in [0, 0.1) is 25.7 Å². The molecule has 1 saturated carbocycles. The standard InChI is InChI=1S/C26H43N3O6S/c1-20-14-24(33-5)15-21(2)26(20)36(31,32)28(4)8-11-35-19-25(30)27(3)17-22-6-7-23(16-22)18-29-9-12-34-13-10-29/h14-15,22-23H,6-13,16-19H2,1-5H3/t22-,23+/m1/s1. The first-order chi connectivity index (χ1) is 17.1. The maximum Gasteiger partial charge on any atom is 0.248 e. The summed E-state index contributed by atoms with van der Waals surface area (Å²) >= 11 is 0. The van der Waals surface area contributed by atoms with E-state index in [9.17, 15) is 13.2 Å². The normalized spacial score (nSPS) is 21.2. The molecule has 0 N–H and O–H groups in total. The SMILES string of the molecule is COc1cc(C)c(S(=O)(=O)N(C)CCOCC(=O)N(C)C[C@@H]2CC[C@H](CN3CCOCC3)C2)c(C)c1. The van der Waals surface area contributed by atoms with Gasteiger partial charge in [-0.2, -0.15) is 4.31 Å². The highest BCUT2D eigenvalue weighted by atomic mass is 32.2. The quantitative estimate of drug-likeness (QED) is 0.387. The fourth-order valence-electron chi connectivity index (χ4n) is 5.32. The third-order valence-corrected chi connectivity index (χ3v) is 9.50. The molecular formula is C26H43N3O6S.